The smallest absolute Gasteiger partial charge is 0.163 e. The third kappa shape index (κ3) is 3.17. The van der Waals surface area contributed by atoms with E-state index in [0.29, 0.717) is 32.4 Å². The molecule has 25 heavy (non-hydrogen) atoms. The van der Waals surface area contributed by atoms with Crippen molar-refractivity contribution >= 4 is 5.84 Å². The number of aliphatic imine (C=N–C) groups is 1. The Kier molecular flexibility index (Phi) is 6.51. The lowest BCUT2D eigenvalue weighted by molar-refractivity contribution is -0.216. The first-order valence-corrected chi connectivity index (χ1v) is 9.03. The van der Waals surface area contributed by atoms with Gasteiger partial charge >= 0.3 is 0 Å². The predicted octanol–water partition coefficient (Wildman–Crippen LogP) is 1.59. The molecule has 0 radical (unpaired) electrons. The van der Waals surface area contributed by atoms with Crippen LogP contribution < -0.4 is 0 Å². The minimum absolute atomic E-state index is 0.0393. The number of pyridine rings is 1. The molecule has 0 fully saturated rings. The van der Waals surface area contributed by atoms with Gasteiger partial charge in [0.05, 0.1) is 13.2 Å². The lowest BCUT2D eigenvalue weighted by atomic mass is 9.88. The van der Waals surface area contributed by atoms with Crippen LogP contribution in [0.3, 0.4) is 0 Å². The first-order chi connectivity index (χ1) is 12.1. The van der Waals surface area contributed by atoms with Gasteiger partial charge in [-0.25, -0.2) is 4.99 Å². The van der Waals surface area contributed by atoms with Crippen molar-refractivity contribution in [2.45, 2.75) is 51.2 Å². The molecule has 7 heteroatoms. The molecule has 0 aromatic carbocycles. The summed E-state index contributed by atoms with van der Waals surface area (Å²) in [7, 11) is 0. The Morgan fingerprint density at radius 3 is 2.00 bits per heavy atom. The molecule has 7 nitrogen and oxygen atoms in total. The van der Waals surface area contributed by atoms with E-state index < -0.39 is 11.2 Å². The first kappa shape index (κ1) is 19.8. The zero-order chi connectivity index (χ0) is 18.5. The second kappa shape index (κ2) is 8.23. The van der Waals surface area contributed by atoms with E-state index in [9.17, 15) is 15.4 Å². The molecule has 0 saturated heterocycles. The van der Waals surface area contributed by atoms with Gasteiger partial charge in [-0.15, -0.1) is 5.06 Å². The fourth-order valence-electron chi connectivity index (χ4n) is 3.81. The molecule has 1 aromatic heterocycles. The fraction of sp³-hybridized carbons (Fsp3) is 0.667. The molecule has 0 amide bonds. The van der Waals surface area contributed by atoms with Crippen molar-refractivity contribution in [1.82, 2.24) is 14.9 Å². The number of nitrogens with zero attached hydrogens (tertiary/aromatic N) is 4. The Morgan fingerprint density at radius 2 is 1.56 bits per heavy atom. The van der Waals surface area contributed by atoms with Crippen LogP contribution in [-0.2, 0) is 5.66 Å². The molecule has 2 heterocycles. The average molecular weight is 350 g/mol. The molecular weight excluding hydrogens is 320 g/mol. The molecule has 0 spiro atoms. The standard InChI is InChI=1S/C18H30N4O3/c1-4-17(5-2)16(21(11-13-23)12-14-24)20-18(6-3,22(17)25)15-7-9-19-10-8-15/h7-10,23-25H,4-6,11-14H2,1-3H3. The van der Waals surface area contributed by atoms with Gasteiger partial charge in [-0.1, -0.05) is 20.8 Å². The highest BCUT2D eigenvalue weighted by molar-refractivity contribution is 5.93. The summed E-state index contributed by atoms with van der Waals surface area (Å²) < 4.78 is 0. The van der Waals surface area contributed by atoms with Crippen molar-refractivity contribution in [3.63, 3.8) is 0 Å². The van der Waals surface area contributed by atoms with Crippen molar-refractivity contribution < 1.29 is 15.4 Å². The maximum absolute atomic E-state index is 11.3. The number of hydrogen-bond donors (Lipinski definition) is 3. The van der Waals surface area contributed by atoms with Crippen LogP contribution >= 0.6 is 0 Å². The summed E-state index contributed by atoms with van der Waals surface area (Å²) in [5, 5.41) is 31.6. The lowest BCUT2D eigenvalue weighted by Gasteiger charge is -2.42. The van der Waals surface area contributed by atoms with Crippen molar-refractivity contribution in [1.29, 1.82) is 0 Å². The van der Waals surface area contributed by atoms with Crippen LogP contribution in [0, 0.1) is 0 Å². The topological polar surface area (TPSA) is 92.4 Å². The number of hydroxylamine groups is 2. The van der Waals surface area contributed by atoms with E-state index in [-0.39, 0.29) is 13.2 Å². The van der Waals surface area contributed by atoms with Gasteiger partial charge in [0.25, 0.3) is 0 Å². The highest BCUT2D eigenvalue weighted by atomic mass is 16.5. The molecule has 1 atom stereocenters. The number of aromatic nitrogens is 1. The van der Waals surface area contributed by atoms with Gasteiger partial charge in [-0.05, 0) is 37.0 Å². The first-order valence-electron chi connectivity index (χ1n) is 9.03. The molecule has 2 rings (SSSR count). The number of aliphatic hydroxyl groups is 2. The van der Waals surface area contributed by atoms with Gasteiger partial charge in [0.15, 0.2) is 5.66 Å². The second-order valence-corrected chi connectivity index (χ2v) is 6.33. The lowest BCUT2D eigenvalue weighted by Crippen LogP contribution is -2.58. The molecule has 0 aliphatic carbocycles. The Labute approximate surface area is 149 Å². The quantitative estimate of drug-likeness (QED) is 0.659. The van der Waals surface area contributed by atoms with Crippen LogP contribution in [0.5, 0.6) is 0 Å². The normalized spacial score (nSPS) is 22.9. The highest BCUT2D eigenvalue weighted by Crippen LogP contribution is 2.46. The molecule has 0 saturated carbocycles. The number of rotatable bonds is 8. The van der Waals surface area contributed by atoms with E-state index in [4.69, 9.17) is 4.99 Å². The number of amidine groups is 1. The van der Waals surface area contributed by atoms with Gasteiger partial charge in [0.2, 0.25) is 0 Å². The van der Waals surface area contributed by atoms with Gasteiger partial charge < -0.3 is 20.3 Å². The zero-order valence-electron chi connectivity index (χ0n) is 15.4. The van der Waals surface area contributed by atoms with Crippen LogP contribution in [0.2, 0.25) is 0 Å². The SMILES string of the molecule is CCC1(CC)C(N(CCO)CCO)=NC(CC)(c2ccncc2)N1O. The molecular formula is C18H30N4O3. The minimum atomic E-state index is -0.895. The number of aliphatic hydroxyl groups excluding tert-OH is 2. The van der Waals surface area contributed by atoms with Crippen LogP contribution in [0.15, 0.2) is 29.5 Å². The van der Waals surface area contributed by atoms with Gasteiger partial charge in [0, 0.05) is 25.5 Å². The third-order valence-electron chi connectivity index (χ3n) is 5.31. The van der Waals surface area contributed by atoms with Gasteiger partial charge in [-0.3, -0.25) is 4.98 Å². The van der Waals surface area contributed by atoms with Crippen molar-refractivity contribution in [2.24, 2.45) is 4.99 Å². The molecule has 0 bridgehead atoms. The summed E-state index contributed by atoms with van der Waals surface area (Å²) in [4.78, 5) is 10.9. The zero-order valence-corrected chi connectivity index (χ0v) is 15.4. The average Bonchev–Trinajstić information content (AvgIpc) is 2.92. The van der Waals surface area contributed by atoms with E-state index in [0.717, 1.165) is 11.4 Å². The van der Waals surface area contributed by atoms with Crippen LogP contribution in [0.25, 0.3) is 0 Å². The van der Waals surface area contributed by atoms with Gasteiger partial charge in [-0.2, -0.15) is 0 Å². The summed E-state index contributed by atoms with van der Waals surface area (Å²) in [5.74, 6) is 0.724. The van der Waals surface area contributed by atoms with Crippen LogP contribution in [-0.4, -0.2) is 68.0 Å². The Morgan fingerprint density at radius 1 is 1.00 bits per heavy atom. The Balaban J connectivity index is 2.63. The molecule has 1 aromatic rings. The van der Waals surface area contributed by atoms with E-state index >= 15 is 0 Å². The molecule has 1 aliphatic rings. The van der Waals surface area contributed by atoms with Gasteiger partial charge in [0.1, 0.15) is 11.4 Å². The Bertz CT molecular complexity index is 571. The van der Waals surface area contributed by atoms with Crippen LogP contribution in [0.1, 0.15) is 45.6 Å². The summed E-state index contributed by atoms with van der Waals surface area (Å²) in [6.45, 7) is 6.70. The van der Waals surface area contributed by atoms with E-state index in [2.05, 4.69) is 4.98 Å². The number of hydrogen-bond acceptors (Lipinski definition) is 7. The maximum atomic E-state index is 11.3. The van der Waals surface area contributed by atoms with Crippen molar-refractivity contribution in [3.8, 4) is 0 Å². The summed E-state index contributed by atoms with van der Waals surface area (Å²) in [6.07, 6.45) is 5.32. The largest absolute Gasteiger partial charge is 0.395 e. The van der Waals surface area contributed by atoms with E-state index in [1.165, 1.54) is 5.06 Å². The molecule has 1 unspecified atom stereocenters. The Hall–Kier alpha value is -1.54. The monoisotopic (exact) mass is 350 g/mol. The van der Waals surface area contributed by atoms with Crippen LogP contribution in [0.4, 0.5) is 0 Å². The molecule has 3 N–H and O–H groups in total. The van der Waals surface area contributed by atoms with E-state index in [1.54, 1.807) is 12.4 Å². The fourth-order valence-corrected chi connectivity index (χ4v) is 3.81. The third-order valence-corrected chi connectivity index (χ3v) is 5.31. The predicted molar refractivity (Wildman–Crippen MR) is 96.3 cm³/mol. The summed E-state index contributed by atoms with van der Waals surface area (Å²) in [6, 6.07) is 3.75. The second-order valence-electron chi connectivity index (χ2n) is 6.33. The molecule has 140 valence electrons. The summed E-state index contributed by atoms with van der Waals surface area (Å²) in [5.41, 5.74) is -0.682. The summed E-state index contributed by atoms with van der Waals surface area (Å²) >= 11 is 0. The maximum Gasteiger partial charge on any atom is 0.163 e. The minimum Gasteiger partial charge on any atom is -0.395 e. The van der Waals surface area contributed by atoms with E-state index in [1.807, 2.05) is 37.8 Å². The highest BCUT2D eigenvalue weighted by Gasteiger charge is 2.57. The van der Waals surface area contributed by atoms with Crippen molar-refractivity contribution in [2.75, 3.05) is 26.3 Å². The molecule has 1 aliphatic heterocycles. The van der Waals surface area contributed by atoms with Crippen molar-refractivity contribution in [3.05, 3.63) is 30.1 Å².